The van der Waals surface area contributed by atoms with Gasteiger partial charge in [-0.25, -0.2) is 4.39 Å². The van der Waals surface area contributed by atoms with Crippen LogP contribution in [0, 0.1) is 5.82 Å². The number of benzene rings is 1. The summed E-state index contributed by atoms with van der Waals surface area (Å²) in [4.78, 5) is 0. The molecular weight excluding hydrogens is 243 g/mol. The van der Waals surface area contributed by atoms with Crippen LogP contribution in [0.2, 0.25) is 5.02 Å². The van der Waals surface area contributed by atoms with E-state index in [0.29, 0.717) is 17.1 Å². The molecule has 3 nitrogen and oxygen atoms in total. The van der Waals surface area contributed by atoms with Crippen LogP contribution in [0.3, 0.4) is 0 Å². The van der Waals surface area contributed by atoms with E-state index in [1.165, 1.54) is 12.1 Å². The molecule has 0 unspecified atom stereocenters. The molecule has 0 spiro atoms. The summed E-state index contributed by atoms with van der Waals surface area (Å²) in [6.45, 7) is 3.95. The maximum Gasteiger partial charge on any atom is 0.174 e. The number of nitrogen functional groups attached to an aromatic ring is 1. The summed E-state index contributed by atoms with van der Waals surface area (Å²) in [7, 11) is 0. The smallest absolute Gasteiger partial charge is 0.174 e. The molecule has 1 heterocycles. The van der Waals surface area contributed by atoms with Crippen LogP contribution in [0.25, 0.3) is 11.3 Å². The number of hydrogen-bond donors (Lipinski definition) is 1. The number of aromatic nitrogens is 1. The molecule has 0 aliphatic rings. The van der Waals surface area contributed by atoms with Gasteiger partial charge in [0.25, 0.3) is 0 Å². The Morgan fingerprint density at radius 3 is 2.71 bits per heavy atom. The minimum absolute atomic E-state index is 0.150. The lowest BCUT2D eigenvalue weighted by atomic mass is 9.99. The van der Waals surface area contributed by atoms with E-state index >= 15 is 0 Å². The Labute approximate surface area is 103 Å². The van der Waals surface area contributed by atoms with E-state index in [1.807, 2.05) is 13.8 Å². The molecule has 0 amide bonds. The fraction of sp³-hybridized carbons (Fsp3) is 0.250. The minimum Gasteiger partial charge on any atom is -0.381 e. The highest BCUT2D eigenvalue weighted by atomic mass is 35.5. The highest BCUT2D eigenvalue weighted by molar-refractivity contribution is 6.33. The van der Waals surface area contributed by atoms with E-state index in [1.54, 1.807) is 6.07 Å². The summed E-state index contributed by atoms with van der Waals surface area (Å²) in [6, 6.07) is 4.12. The van der Waals surface area contributed by atoms with E-state index in [-0.39, 0.29) is 10.9 Å². The molecule has 0 saturated heterocycles. The zero-order chi connectivity index (χ0) is 12.6. The fourth-order valence-electron chi connectivity index (χ4n) is 1.74. The maximum absolute atomic E-state index is 13.0. The zero-order valence-corrected chi connectivity index (χ0v) is 10.3. The molecular formula is C12H12ClFN2O. The van der Waals surface area contributed by atoms with Gasteiger partial charge in [0, 0.05) is 11.1 Å². The summed E-state index contributed by atoms with van der Waals surface area (Å²) < 4.78 is 18.2. The van der Waals surface area contributed by atoms with Crippen molar-refractivity contribution in [2.75, 3.05) is 5.73 Å². The first-order valence-corrected chi connectivity index (χ1v) is 5.59. The molecule has 0 bridgehead atoms. The Hall–Kier alpha value is -1.55. The number of halogens is 2. The number of anilines is 1. The van der Waals surface area contributed by atoms with Gasteiger partial charge in [-0.3, -0.25) is 0 Å². The molecule has 1 aromatic carbocycles. The van der Waals surface area contributed by atoms with Crippen LogP contribution in [0.4, 0.5) is 10.2 Å². The van der Waals surface area contributed by atoms with Crippen molar-refractivity contribution in [1.29, 1.82) is 0 Å². The summed E-state index contributed by atoms with van der Waals surface area (Å²) in [6.07, 6.45) is 0. The lowest BCUT2D eigenvalue weighted by molar-refractivity contribution is 0.434. The Balaban J connectivity index is 2.61. The lowest BCUT2D eigenvalue weighted by Crippen LogP contribution is -1.95. The first-order chi connectivity index (χ1) is 8.00. The molecule has 0 radical (unpaired) electrons. The highest BCUT2D eigenvalue weighted by Crippen LogP contribution is 2.37. The van der Waals surface area contributed by atoms with Crippen molar-refractivity contribution in [3.63, 3.8) is 0 Å². The van der Waals surface area contributed by atoms with Crippen molar-refractivity contribution in [2.24, 2.45) is 0 Å². The summed E-state index contributed by atoms with van der Waals surface area (Å²) in [5.74, 6) is 0.604. The molecule has 1 aromatic heterocycles. The molecule has 5 heteroatoms. The van der Waals surface area contributed by atoms with Gasteiger partial charge in [0.05, 0.1) is 5.02 Å². The van der Waals surface area contributed by atoms with Gasteiger partial charge in [0.2, 0.25) is 0 Å². The van der Waals surface area contributed by atoms with Gasteiger partial charge in [-0.1, -0.05) is 30.6 Å². The summed E-state index contributed by atoms with van der Waals surface area (Å²) in [5.41, 5.74) is 7.13. The van der Waals surface area contributed by atoms with Crippen LogP contribution in [-0.4, -0.2) is 5.16 Å². The number of nitrogens with two attached hydrogens (primary N) is 1. The number of nitrogens with zero attached hydrogens (tertiary/aromatic N) is 1. The molecule has 2 rings (SSSR count). The van der Waals surface area contributed by atoms with E-state index in [4.69, 9.17) is 21.9 Å². The largest absolute Gasteiger partial charge is 0.381 e. The second kappa shape index (κ2) is 4.37. The summed E-state index contributed by atoms with van der Waals surface area (Å²) >= 11 is 5.98. The average Bonchev–Trinajstić information content (AvgIpc) is 2.60. The van der Waals surface area contributed by atoms with E-state index < -0.39 is 5.82 Å². The van der Waals surface area contributed by atoms with Crippen molar-refractivity contribution in [3.05, 3.63) is 34.6 Å². The average molecular weight is 255 g/mol. The van der Waals surface area contributed by atoms with Crippen molar-refractivity contribution in [2.45, 2.75) is 19.8 Å². The van der Waals surface area contributed by atoms with Gasteiger partial charge in [-0.2, -0.15) is 0 Å². The molecule has 2 N–H and O–H groups in total. The van der Waals surface area contributed by atoms with Crippen LogP contribution in [0.1, 0.15) is 25.3 Å². The van der Waals surface area contributed by atoms with Crippen molar-refractivity contribution in [3.8, 4) is 11.3 Å². The van der Waals surface area contributed by atoms with E-state index in [0.717, 1.165) is 5.56 Å². The quantitative estimate of drug-likeness (QED) is 0.886. The standard InChI is InChI=1S/C12H12ClFN2O/c1-6(2)10-11(17-16-12(10)15)8-4-3-7(14)5-9(8)13/h3-6H,1-2H3,(H2,15,16). The monoisotopic (exact) mass is 254 g/mol. The second-order valence-corrected chi connectivity index (χ2v) is 4.50. The third kappa shape index (κ3) is 2.13. The van der Waals surface area contributed by atoms with Gasteiger partial charge in [-0.15, -0.1) is 0 Å². The normalized spacial score (nSPS) is 11.1. The third-order valence-corrected chi connectivity index (χ3v) is 2.82. The lowest BCUT2D eigenvalue weighted by Gasteiger charge is -2.06. The third-order valence-electron chi connectivity index (χ3n) is 2.51. The zero-order valence-electron chi connectivity index (χ0n) is 9.50. The van der Waals surface area contributed by atoms with E-state index in [9.17, 15) is 4.39 Å². The van der Waals surface area contributed by atoms with Crippen LogP contribution in [0.15, 0.2) is 22.7 Å². The van der Waals surface area contributed by atoms with Crippen LogP contribution in [0.5, 0.6) is 0 Å². The predicted octanol–water partition coefficient (Wildman–Crippen LogP) is 3.84. The molecule has 2 aromatic rings. The molecule has 0 aliphatic heterocycles. The van der Waals surface area contributed by atoms with Crippen molar-refractivity contribution < 1.29 is 8.91 Å². The predicted molar refractivity (Wildman–Crippen MR) is 65.4 cm³/mol. The van der Waals surface area contributed by atoms with E-state index in [2.05, 4.69) is 5.16 Å². The minimum atomic E-state index is -0.391. The number of hydrogen-bond acceptors (Lipinski definition) is 3. The van der Waals surface area contributed by atoms with Gasteiger partial charge in [-0.05, 0) is 24.1 Å². The van der Waals surface area contributed by atoms with Gasteiger partial charge in [0.1, 0.15) is 5.82 Å². The molecule has 0 saturated carbocycles. The number of rotatable bonds is 2. The Morgan fingerprint density at radius 1 is 1.41 bits per heavy atom. The fourth-order valence-corrected chi connectivity index (χ4v) is 1.99. The van der Waals surface area contributed by atoms with Gasteiger partial charge in [0.15, 0.2) is 11.6 Å². The molecule has 0 aliphatic carbocycles. The Bertz CT molecular complexity index is 551. The molecule has 17 heavy (non-hydrogen) atoms. The van der Waals surface area contributed by atoms with Crippen molar-refractivity contribution >= 4 is 17.4 Å². The van der Waals surface area contributed by atoms with Gasteiger partial charge < -0.3 is 10.3 Å². The summed E-state index contributed by atoms with van der Waals surface area (Å²) in [5, 5.41) is 4.01. The molecule has 90 valence electrons. The van der Waals surface area contributed by atoms with Crippen molar-refractivity contribution in [1.82, 2.24) is 5.16 Å². The first-order valence-electron chi connectivity index (χ1n) is 5.21. The topological polar surface area (TPSA) is 52.0 Å². The Morgan fingerprint density at radius 2 is 2.12 bits per heavy atom. The van der Waals surface area contributed by atoms with Crippen LogP contribution < -0.4 is 5.73 Å². The molecule has 0 fully saturated rings. The second-order valence-electron chi connectivity index (χ2n) is 4.09. The Kier molecular flexibility index (Phi) is 3.07. The maximum atomic E-state index is 13.0. The first kappa shape index (κ1) is 11.9. The van der Waals surface area contributed by atoms with Crippen LogP contribution >= 0.6 is 11.6 Å². The van der Waals surface area contributed by atoms with Gasteiger partial charge >= 0.3 is 0 Å². The molecule has 0 atom stereocenters. The highest BCUT2D eigenvalue weighted by Gasteiger charge is 2.20. The SMILES string of the molecule is CC(C)c1c(N)noc1-c1ccc(F)cc1Cl. The van der Waals surface area contributed by atoms with Crippen LogP contribution in [-0.2, 0) is 0 Å².